The van der Waals surface area contributed by atoms with Gasteiger partial charge in [-0.3, -0.25) is 4.99 Å². The molecule has 3 rings (SSSR count). The van der Waals surface area contributed by atoms with Crippen molar-refractivity contribution in [3.8, 4) is 0 Å². The first-order chi connectivity index (χ1) is 13.1. The van der Waals surface area contributed by atoms with Crippen LogP contribution in [0.4, 0.5) is 0 Å². The number of nitrogens with zero attached hydrogens (tertiary/aromatic N) is 1. The van der Waals surface area contributed by atoms with Crippen LogP contribution in [0.1, 0.15) is 23.5 Å². The predicted octanol–water partition coefficient (Wildman–Crippen LogP) is 3.04. The van der Waals surface area contributed by atoms with E-state index in [0.717, 1.165) is 6.42 Å². The minimum atomic E-state index is -2.85. The molecule has 0 bridgehead atoms. The molecule has 0 spiro atoms. The summed E-state index contributed by atoms with van der Waals surface area (Å²) in [6.07, 6.45) is 0.725. The number of halogens is 1. The molecule has 1 saturated heterocycles. The van der Waals surface area contributed by atoms with E-state index in [1.54, 1.807) is 7.05 Å². The Labute approximate surface area is 185 Å². The summed E-state index contributed by atoms with van der Waals surface area (Å²) < 4.78 is 23.2. The molecule has 1 unspecified atom stereocenters. The fraction of sp³-hybridized carbons (Fsp3) is 0.381. The SMILES string of the molecule is CN=C(NCC1CCS(=O)(=O)C1)NCC(c1ccccc1)c1ccccc1.I. The van der Waals surface area contributed by atoms with Gasteiger partial charge in [0.2, 0.25) is 0 Å². The highest BCUT2D eigenvalue weighted by Gasteiger charge is 2.27. The lowest BCUT2D eigenvalue weighted by molar-refractivity contribution is 0.566. The van der Waals surface area contributed by atoms with Crippen molar-refractivity contribution in [2.75, 3.05) is 31.6 Å². The van der Waals surface area contributed by atoms with Crippen LogP contribution in [0.5, 0.6) is 0 Å². The second kappa shape index (κ2) is 10.8. The smallest absolute Gasteiger partial charge is 0.191 e. The Morgan fingerprint density at radius 2 is 1.61 bits per heavy atom. The van der Waals surface area contributed by atoms with Gasteiger partial charge in [-0.2, -0.15) is 0 Å². The third-order valence-electron chi connectivity index (χ3n) is 4.99. The van der Waals surface area contributed by atoms with Gasteiger partial charge in [0.25, 0.3) is 0 Å². The summed E-state index contributed by atoms with van der Waals surface area (Å²) in [6.45, 7) is 1.33. The van der Waals surface area contributed by atoms with E-state index in [1.807, 2.05) is 12.1 Å². The molecule has 0 aliphatic carbocycles. The quantitative estimate of drug-likeness (QED) is 0.354. The molecule has 2 N–H and O–H groups in total. The normalized spacial score (nSPS) is 18.5. The standard InChI is InChI=1S/C21H27N3O2S.HI/c1-22-21(23-14-17-12-13-27(25,26)16-17)24-15-20(18-8-4-2-5-9-18)19-10-6-3-7-11-19;/h2-11,17,20H,12-16H2,1H3,(H2,22,23,24);1H. The largest absolute Gasteiger partial charge is 0.356 e. The topological polar surface area (TPSA) is 70.6 Å². The van der Waals surface area contributed by atoms with E-state index in [1.165, 1.54) is 11.1 Å². The highest BCUT2D eigenvalue weighted by molar-refractivity contribution is 14.0. The molecule has 2 aromatic carbocycles. The summed E-state index contributed by atoms with van der Waals surface area (Å²) in [6, 6.07) is 20.8. The number of rotatable bonds is 6. The Bertz CT molecular complexity index is 818. The van der Waals surface area contributed by atoms with Crippen LogP contribution in [0.3, 0.4) is 0 Å². The van der Waals surface area contributed by atoms with Crippen molar-refractivity contribution < 1.29 is 8.42 Å². The molecule has 0 aromatic heterocycles. The number of benzene rings is 2. The zero-order valence-corrected chi connectivity index (χ0v) is 19.2. The average Bonchev–Trinajstić information content (AvgIpc) is 3.05. The van der Waals surface area contributed by atoms with Crippen LogP contribution in [-0.4, -0.2) is 46.0 Å². The lowest BCUT2D eigenvalue weighted by Gasteiger charge is -2.21. The molecule has 0 radical (unpaired) electrons. The Morgan fingerprint density at radius 3 is 2.07 bits per heavy atom. The van der Waals surface area contributed by atoms with Gasteiger partial charge in [0.05, 0.1) is 11.5 Å². The first-order valence-electron chi connectivity index (χ1n) is 9.32. The van der Waals surface area contributed by atoms with Gasteiger partial charge in [-0.25, -0.2) is 8.42 Å². The molecule has 152 valence electrons. The monoisotopic (exact) mass is 513 g/mol. The Kier molecular flexibility index (Phi) is 8.75. The molecule has 1 fully saturated rings. The minimum absolute atomic E-state index is 0. The van der Waals surface area contributed by atoms with Crippen LogP contribution in [0.2, 0.25) is 0 Å². The van der Waals surface area contributed by atoms with E-state index in [-0.39, 0.29) is 41.6 Å². The van der Waals surface area contributed by atoms with Gasteiger partial charge < -0.3 is 10.6 Å². The fourth-order valence-corrected chi connectivity index (χ4v) is 5.35. The third kappa shape index (κ3) is 6.48. The van der Waals surface area contributed by atoms with E-state index in [4.69, 9.17) is 0 Å². The Morgan fingerprint density at radius 1 is 1.04 bits per heavy atom. The Hall–Kier alpha value is -1.61. The molecule has 28 heavy (non-hydrogen) atoms. The average molecular weight is 513 g/mol. The van der Waals surface area contributed by atoms with Crippen LogP contribution in [0, 0.1) is 5.92 Å². The summed E-state index contributed by atoms with van der Waals surface area (Å²) in [5.41, 5.74) is 2.49. The zero-order valence-electron chi connectivity index (χ0n) is 16.0. The van der Waals surface area contributed by atoms with Crippen molar-refractivity contribution in [1.82, 2.24) is 10.6 Å². The number of hydrogen-bond donors (Lipinski definition) is 2. The highest BCUT2D eigenvalue weighted by Crippen LogP contribution is 2.23. The number of hydrogen-bond acceptors (Lipinski definition) is 3. The van der Waals surface area contributed by atoms with Gasteiger partial charge in [-0.05, 0) is 23.5 Å². The first-order valence-corrected chi connectivity index (χ1v) is 11.1. The van der Waals surface area contributed by atoms with Crippen LogP contribution >= 0.6 is 24.0 Å². The van der Waals surface area contributed by atoms with E-state index >= 15 is 0 Å². The van der Waals surface area contributed by atoms with Gasteiger partial charge in [-0.15, -0.1) is 24.0 Å². The van der Waals surface area contributed by atoms with Crippen molar-refractivity contribution in [3.05, 3.63) is 71.8 Å². The summed E-state index contributed by atoms with van der Waals surface area (Å²) in [5, 5.41) is 6.68. The predicted molar refractivity (Wildman–Crippen MR) is 126 cm³/mol. The van der Waals surface area contributed by atoms with Crippen LogP contribution < -0.4 is 10.6 Å². The van der Waals surface area contributed by atoms with Gasteiger partial charge in [0.15, 0.2) is 15.8 Å². The maximum Gasteiger partial charge on any atom is 0.191 e. The molecular formula is C21H28IN3O2S. The van der Waals surface area contributed by atoms with E-state index in [9.17, 15) is 8.42 Å². The third-order valence-corrected chi connectivity index (χ3v) is 6.82. The van der Waals surface area contributed by atoms with Crippen LogP contribution in [-0.2, 0) is 9.84 Å². The number of sulfone groups is 1. The van der Waals surface area contributed by atoms with Crippen molar-refractivity contribution in [1.29, 1.82) is 0 Å². The lowest BCUT2D eigenvalue weighted by Crippen LogP contribution is -2.41. The molecule has 2 aromatic rings. The highest BCUT2D eigenvalue weighted by atomic mass is 127. The summed E-state index contributed by atoms with van der Waals surface area (Å²) >= 11 is 0. The molecule has 1 aliphatic rings. The number of guanidine groups is 1. The van der Waals surface area contributed by atoms with Gasteiger partial charge in [0.1, 0.15) is 0 Å². The van der Waals surface area contributed by atoms with E-state index in [2.05, 4.69) is 64.2 Å². The molecule has 7 heteroatoms. The van der Waals surface area contributed by atoms with Crippen molar-refractivity contribution in [2.45, 2.75) is 12.3 Å². The maximum atomic E-state index is 11.6. The first kappa shape index (κ1) is 22.7. The van der Waals surface area contributed by atoms with Gasteiger partial charge >= 0.3 is 0 Å². The fourth-order valence-electron chi connectivity index (χ4n) is 3.49. The maximum absolute atomic E-state index is 11.6. The lowest BCUT2D eigenvalue weighted by atomic mass is 9.91. The van der Waals surface area contributed by atoms with Crippen molar-refractivity contribution >= 4 is 39.8 Å². The van der Waals surface area contributed by atoms with Crippen molar-refractivity contribution in [2.24, 2.45) is 10.9 Å². The molecule has 0 saturated carbocycles. The Balaban J connectivity index is 0.00000280. The second-order valence-corrected chi connectivity index (χ2v) is 9.21. The molecule has 5 nitrogen and oxygen atoms in total. The molecule has 1 atom stereocenters. The summed E-state index contributed by atoms with van der Waals surface area (Å²) in [7, 11) is -1.11. The molecule has 0 amide bonds. The van der Waals surface area contributed by atoms with Gasteiger partial charge in [-0.1, -0.05) is 60.7 Å². The summed E-state index contributed by atoms with van der Waals surface area (Å²) in [4.78, 5) is 4.29. The van der Waals surface area contributed by atoms with Crippen LogP contribution in [0.25, 0.3) is 0 Å². The second-order valence-electron chi connectivity index (χ2n) is 6.98. The van der Waals surface area contributed by atoms with E-state index in [0.29, 0.717) is 24.8 Å². The molecular weight excluding hydrogens is 485 g/mol. The van der Waals surface area contributed by atoms with Crippen molar-refractivity contribution in [3.63, 3.8) is 0 Å². The number of aliphatic imine (C=N–C) groups is 1. The molecule has 1 heterocycles. The molecule has 1 aliphatic heterocycles. The number of nitrogens with one attached hydrogen (secondary N) is 2. The zero-order chi connectivity index (χ0) is 19.1. The van der Waals surface area contributed by atoms with Crippen LogP contribution in [0.15, 0.2) is 65.7 Å². The summed E-state index contributed by atoms with van der Waals surface area (Å²) in [5.74, 6) is 1.64. The van der Waals surface area contributed by atoms with E-state index < -0.39 is 9.84 Å². The minimum Gasteiger partial charge on any atom is -0.356 e. The van der Waals surface area contributed by atoms with Gasteiger partial charge in [0, 0.05) is 26.1 Å².